The topological polar surface area (TPSA) is 18.5 Å². The predicted molar refractivity (Wildman–Crippen MR) is 118 cm³/mol. The van der Waals surface area contributed by atoms with Crippen LogP contribution in [0, 0.1) is 12.8 Å². The highest BCUT2D eigenvalue weighted by Crippen LogP contribution is 2.46. The van der Waals surface area contributed by atoms with E-state index in [-0.39, 0.29) is 18.3 Å². The van der Waals surface area contributed by atoms with Gasteiger partial charge in [0.2, 0.25) is 0 Å². The smallest absolute Gasteiger partial charge is 0.403 e. The van der Waals surface area contributed by atoms with E-state index >= 15 is 0 Å². The van der Waals surface area contributed by atoms with E-state index in [4.69, 9.17) is 9.31 Å². The SMILES string of the molecule is Cc1ccc(SCCCC(B2OC(C)(C)C(C)(C)O2)C2CCCCC2)cc1. The van der Waals surface area contributed by atoms with Crippen molar-refractivity contribution in [2.45, 2.75) is 101 Å². The average Bonchev–Trinajstić information content (AvgIpc) is 2.84. The van der Waals surface area contributed by atoms with Crippen molar-refractivity contribution in [2.75, 3.05) is 5.75 Å². The Balaban J connectivity index is 1.58. The summed E-state index contributed by atoms with van der Waals surface area (Å²) in [5.41, 5.74) is 0.889. The minimum Gasteiger partial charge on any atom is -0.403 e. The van der Waals surface area contributed by atoms with Crippen LogP contribution in [0.2, 0.25) is 5.82 Å². The number of rotatable bonds is 7. The van der Waals surface area contributed by atoms with E-state index in [0.29, 0.717) is 5.82 Å². The van der Waals surface area contributed by atoms with Gasteiger partial charge in [-0.2, -0.15) is 0 Å². The van der Waals surface area contributed by atoms with Crippen LogP contribution in [0.25, 0.3) is 0 Å². The second kappa shape index (κ2) is 8.92. The summed E-state index contributed by atoms with van der Waals surface area (Å²) in [4.78, 5) is 1.38. The van der Waals surface area contributed by atoms with Crippen molar-refractivity contribution < 1.29 is 9.31 Å². The Morgan fingerprint density at radius 3 is 2.19 bits per heavy atom. The van der Waals surface area contributed by atoms with E-state index in [1.807, 2.05) is 11.8 Å². The van der Waals surface area contributed by atoms with Gasteiger partial charge in [-0.15, -0.1) is 11.8 Å². The first-order chi connectivity index (χ1) is 12.8. The molecule has 1 aliphatic carbocycles. The summed E-state index contributed by atoms with van der Waals surface area (Å²) in [5.74, 6) is 2.47. The molecule has 1 saturated carbocycles. The minimum atomic E-state index is -0.221. The second-order valence-electron chi connectivity index (χ2n) is 9.49. The normalized spacial score (nSPS) is 23.5. The minimum absolute atomic E-state index is 0.0394. The number of thioether (sulfide) groups is 1. The van der Waals surface area contributed by atoms with Crippen LogP contribution in [0.5, 0.6) is 0 Å². The molecule has 2 nitrogen and oxygen atoms in total. The highest BCUT2D eigenvalue weighted by Gasteiger charge is 2.54. The largest absolute Gasteiger partial charge is 0.461 e. The lowest BCUT2D eigenvalue weighted by Gasteiger charge is -2.32. The van der Waals surface area contributed by atoms with Crippen molar-refractivity contribution in [1.82, 2.24) is 0 Å². The summed E-state index contributed by atoms with van der Waals surface area (Å²) < 4.78 is 13.0. The van der Waals surface area contributed by atoms with Crippen molar-refractivity contribution in [3.63, 3.8) is 0 Å². The summed E-state index contributed by atoms with van der Waals surface area (Å²) in [5, 5.41) is 0. The molecule has 2 aliphatic rings. The molecule has 0 amide bonds. The van der Waals surface area contributed by atoms with Crippen molar-refractivity contribution in [3.05, 3.63) is 29.8 Å². The lowest BCUT2D eigenvalue weighted by molar-refractivity contribution is 0.00578. The summed E-state index contributed by atoms with van der Waals surface area (Å²) in [7, 11) is -0.0394. The van der Waals surface area contributed by atoms with Gasteiger partial charge in [0.05, 0.1) is 11.2 Å². The first-order valence-corrected chi connectivity index (χ1v) is 11.8. The third kappa shape index (κ3) is 5.33. The molecule has 1 aromatic rings. The second-order valence-corrected chi connectivity index (χ2v) is 10.7. The molecule has 0 radical (unpaired) electrons. The summed E-state index contributed by atoms with van der Waals surface area (Å²) in [6.07, 6.45) is 9.28. The Hall–Kier alpha value is -0.445. The van der Waals surface area contributed by atoms with Crippen LogP contribution in [0.4, 0.5) is 0 Å². The summed E-state index contributed by atoms with van der Waals surface area (Å²) in [6.45, 7) is 10.9. The molecule has 1 aromatic carbocycles. The van der Waals surface area contributed by atoms with Gasteiger partial charge >= 0.3 is 7.12 Å². The van der Waals surface area contributed by atoms with Gasteiger partial charge in [-0.25, -0.2) is 0 Å². The Bertz CT molecular complexity index is 577. The van der Waals surface area contributed by atoms with E-state index in [1.54, 1.807) is 0 Å². The van der Waals surface area contributed by atoms with Gasteiger partial charge in [0.1, 0.15) is 0 Å². The average molecular weight is 388 g/mol. The van der Waals surface area contributed by atoms with Gasteiger partial charge in [0.25, 0.3) is 0 Å². The van der Waals surface area contributed by atoms with Gasteiger partial charge in [-0.3, -0.25) is 0 Å². The van der Waals surface area contributed by atoms with Gasteiger partial charge in [-0.1, -0.05) is 56.2 Å². The van der Waals surface area contributed by atoms with Crippen LogP contribution in [0.15, 0.2) is 29.2 Å². The third-order valence-corrected chi connectivity index (χ3v) is 7.95. The van der Waals surface area contributed by atoms with Gasteiger partial charge in [-0.05, 0) is 70.7 Å². The fourth-order valence-electron chi connectivity index (χ4n) is 4.36. The van der Waals surface area contributed by atoms with E-state index in [2.05, 4.69) is 58.9 Å². The van der Waals surface area contributed by atoms with Crippen LogP contribution < -0.4 is 0 Å². The number of hydrogen-bond donors (Lipinski definition) is 0. The highest BCUT2D eigenvalue weighted by atomic mass is 32.2. The van der Waals surface area contributed by atoms with Crippen LogP contribution in [-0.4, -0.2) is 24.1 Å². The standard InChI is InChI=1S/C23H37BO2S/c1-18-13-15-20(16-14-18)27-17-9-12-21(19-10-7-6-8-11-19)24-25-22(2,3)23(4,5)26-24/h13-16,19,21H,6-12,17H2,1-5H3. The highest BCUT2D eigenvalue weighted by molar-refractivity contribution is 7.99. The Kier molecular flexibility index (Phi) is 7.03. The molecule has 0 N–H and O–H groups in total. The zero-order valence-corrected chi connectivity index (χ0v) is 18.7. The molecule has 1 heterocycles. The fourth-order valence-corrected chi connectivity index (χ4v) is 5.24. The maximum absolute atomic E-state index is 6.48. The molecule has 150 valence electrons. The molecular formula is C23H37BO2S. The molecular weight excluding hydrogens is 351 g/mol. The molecule has 0 bridgehead atoms. The quantitative estimate of drug-likeness (QED) is 0.287. The van der Waals surface area contributed by atoms with Crippen molar-refractivity contribution >= 4 is 18.9 Å². The fraction of sp³-hybridized carbons (Fsp3) is 0.739. The van der Waals surface area contributed by atoms with Crippen LogP contribution >= 0.6 is 11.8 Å². The monoisotopic (exact) mass is 388 g/mol. The number of aryl methyl sites for hydroxylation is 1. The first kappa shape index (κ1) is 21.3. The Labute approximate surface area is 171 Å². The molecule has 3 rings (SSSR count). The first-order valence-electron chi connectivity index (χ1n) is 10.8. The van der Waals surface area contributed by atoms with Gasteiger partial charge in [0, 0.05) is 4.90 Å². The third-order valence-electron chi connectivity index (χ3n) is 6.85. The van der Waals surface area contributed by atoms with E-state index < -0.39 is 0 Å². The molecule has 0 aromatic heterocycles. The molecule has 2 fully saturated rings. The lowest BCUT2D eigenvalue weighted by atomic mass is 9.59. The molecule has 1 unspecified atom stereocenters. The Morgan fingerprint density at radius 2 is 1.59 bits per heavy atom. The molecule has 4 heteroatoms. The van der Waals surface area contributed by atoms with Crippen LogP contribution in [-0.2, 0) is 9.31 Å². The molecule has 1 saturated heterocycles. The summed E-state index contributed by atoms with van der Waals surface area (Å²) in [6, 6.07) is 8.90. The van der Waals surface area contributed by atoms with E-state index in [0.717, 1.165) is 5.92 Å². The number of benzene rings is 1. The van der Waals surface area contributed by atoms with Crippen molar-refractivity contribution in [1.29, 1.82) is 0 Å². The van der Waals surface area contributed by atoms with Crippen molar-refractivity contribution in [2.24, 2.45) is 5.92 Å². The maximum atomic E-state index is 6.48. The maximum Gasteiger partial charge on any atom is 0.461 e. The molecule has 27 heavy (non-hydrogen) atoms. The van der Waals surface area contributed by atoms with Gasteiger partial charge < -0.3 is 9.31 Å². The Morgan fingerprint density at radius 1 is 1.00 bits per heavy atom. The zero-order valence-electron chi connectivity index (χ0n) is 17.9. The van der Waals surface area contributed by atoms with Crippen LogP contribution in [0.3, 0.4) is 0 Å². The van der Waals surface area contributed by atoms with E-state index in [1.165, 1.54) is 61.2 Å². The van der Waals surface area contributed by atoms with Gasteiger partial charge in [0.15, 0.2) is 0 Å². The molecule has 1 aliphatic heterocycles. The zero-order chi connectivity index (χ0) is 19.5. The van der Waals surface area contributed by atoms with Crippen LogP contribution in [0.1, 0.15) is 78.2 Å². The lowest BCUT2D eigenvalue weighted by Crippen LogP contribution is -2.41. The predicted octanol–water partition coefficient (Wildman–Crippen LogP) is 6.91. The van der Waals surface area contributed by atoms with Crippen molar-refractivity contribution in [3.8, 4) is 0 Å². The molecule has 1 atom stereocenters. The van der Waals surface area contributed by atoms with E-state index in [9.17, 15) is 0 Å². The summed E-state index contributed by atoms with van der Waals surface area (Å²) >= 11 is 1.98. The molecule has 0 spiro atoms. The number of hydrogen-bond acceptors (Lipinski definition) is 3.